The minimum absolute atomic E-state index is 0.0424. The summed E-state index contributed by atoms with van der Waals surface area (Å²) >= 11 is 4.66. The predicted molar refractivity (Wildman–Crippen MR) is 68.3 cm³/mol. The lowest BCUT2D eigenvalue weighted by atomic mass is 9.80. The van der Waals surface area contributed by atoms with Gasteiger partial charge in [0, 0.05) is 12.6 Å². The van der Waals surface area contributed by atoms with E-state index in [9.17, 15) is 4.79 Å². The van der Waals surface area contributed by atoms with Crippen molar-refractivity contribution in [1.29, 1.82) is 0 Å². The molecular weight excluding hydrogens is 241 g/mol. The van der Waals surface area contributed by atoms with Crippen LogP contribution in [0.2, 0.25) is 0 Å². The Hall–Kier alpha value is -1.64. The third kappa shape index (κ3) is 3.70. The second-order valence-electron chi connectivity index (χ2n) is 3.33. The van der Waals surface area contributed by atoms with E-state index in [2.05, 4.69) is 17.6 Å². The van der Waals surface area contributed by atoms with Crippen LogP contribution in [0.3, 0.4) is 0 Å². The van der Waals surface area contributed by atoms with E-state index in [0.717, 1.165) is 0 Å². The van der Waals surface area contributed by atoms with Crippen molar-refractivity contribution in [2.45, 2.75) is 0 Å². The first-order valence-corrected chi connectivity index (χ1v) is 5.13. The molecule has 6 nitrogen and oxygen atoms in total. The molecule has 0 spiro atoms. The number of thiocarbonyl (C=S) groups is 1. The molecule has 1 aromatic carbocycles. The summed E-state index contributed by atoms with van der Waals surface area (Å²) < 4.78 is 0. The highest BCUT2D eigenvalue weighted by Crippen LogP contribution is 1.97. The maximum atomic E-state index is 11.6. The zero-order valence-electron chi connectivity index (χ0n) is 9.12. The largest absolute Gasteiger partial charge is 0.488 e. The van der Waals surface area contributed by atoms with Crippen LogP contribution in [-0.2, 0) is 0 Å². The Labute approximate surface area is 104 Å². The molecule has 5 N–H and O–H groups in total. The second-order valence-corrected chi connectivity index (χ2v) is 3.75. The van der Waals surface area contributed by atoms with E-state index in [0.29, 0.717) is 11.0 Å². The molecule has 0 radical (unpaired) electrons. The maximum Gasteiger partial charge on any atom is 0.488 e. The number of nitrogens with zero attached hydrogens (tertiary/aromatic N) is 1. The number of nitrogens with one attached hydrogen (secondary N) is 1. The summed E-state index contributed by atoms with van der Waals surface area (Å²) in [6.07, 6.45) is 0. The van der Waals surface area contributed by atoms with Gasteiger partial charge >= 0.3 is 7.12 Å². The van der Waals surface area contributed by atoms with Crippen LogP contribution in [0.15, 0.2) is 24.3 Å². The number of nitrogens with two attached hydrogens (primary N) is 1. The van der Waals surface area contributed by atoms with E-state index in [1.807, 2.05) is 0 Å². The van der Waals surface area contributed by atoms with Gasteiger partial charge in [-0.15, -0.1) is 0 Å². The summed E-state index contributed by atoms with van der Waals surface area (Å²) in [4.78, 5) is 11.6. The van der Waals surface area contributed by atoms with Crippen molar-refractivity contribution in [2.75, 3.05) is 7.05 Å². The Kier molecular flexibility index (Phi) is 4.44. The Morgan fingerprint density at radius 2 is 1.94 bits per heavy atom. The molecule has 0 atom stereocenters. The van der Waals surface area contributed by atoms with Crippen LogP contribution >= 0.6 is 12.2 Å². The summed E-state index contributed by atoms with van der Waals surface area (Å²) in [5.41, 5.74) is 8.42. The first-order valence-electron chi connectivity index (χ1n) is 4.72. The fraction of sp³-hybridized carbons (Fsp3) is 0.111. The van der Waals surface area contributed by atoms with Crippen molar-refractivity contribution in [2.24, 2.45) is 5.73 Å². The first-order chi connectivity index (χ1) is 7.91. The summed E-state index contributed by atoms with van der Waals surface area (Å²) in [6, 6.07) is 5.83. The van der Waals surface area contributed by atoms with Crippen molar-refractivity contribution >= 4 is 35.8 Å². The molecule has 0 fully saturated rings. The van der Waals surface area contributed by atoms with E-state index in [1.54, 1.807) is 0 Å². The van der Waals surface area contributed by atoms with Gasteiger partial charge in [-0.2, -0.15) is 0 Å². The molecule has 0 aliphatic heterocycles. The van der Waals surface area contributed by atoms with Gasteiger partial charge < -0.3 is 15.8 Å². The SMILES string of the molecule is CN(NC(=O)c1ccc(B(O)O)cc1)C(N)=S. The minimum atomic E-state index is -1.55. The highest BCUT2D eigenvalue weighted by molar-refractivity contribution is 7.80. The minimum Gasteiger partial charge on any atom is -0.423 e. The summed E-state index contributed by atoms with van der Waals surface area (Å²) in [7, 11) is -0.0297. The second kappa shape index (κ2) is 5.62. The Balaban J connectivity index is 2.73. The number of carbonyl (C=O) groups excluding carboxylic acids is 1. The zero-order valence-corrected chi connectivity index (χ0v) is 9.94. The monoisotopic (exact) mass is 253 g/mol. The van der Waals surface area contributed by atoms with Gasteiger partial charge in [-0.1, -0.05) is 12.1 Å². The topological polar surface area (TPSA) is 98.8 Å². The summed E-state index contributed by atoms with van der Waals surface area (Å²) in [5, 5.41) is 19.0. The molecule has 17 heavy (non-hydrogen) atoms. The summed E-state index contributed by atoms with van der Waals surface area (Å²) in [6.45, 7) is 0. The number of rotatable bonds is 2. The van der Waals surface area contributed by atoms with Crippen LogP contribution in [0.4, 0.5) is 0 Å². The molecule has 0 aliphatic rings. The lowest BCUT2D eigenvalue weighted by Gasteiger charge is -2.17. The average molecular weight is 253 g/mol. The number of benzene rings is 1. The number of hydrogen-bond acceptors (Lipinski definition) is 4. The molecule has 8 heteroatoms. The lowest BCUT2D eigenvalue weighted by Crippen LogP contribution is -2.46. The number of hydrogen-bond donors (Lipinski definition) is 4. The molecule has 0 saturated heterocycles. The third-order valence-electron chi connectivity index (χ3n) is 2.07. The van der Waals surface area contributed by atoms with Crippen LogP contribution < -0.4 is 16.6 Å². The van der Waals surface area contributed by atoms with Crippen LogP contribution in [0.25, 0.3) is 0 Å². The first kappa shape index (κ1) is 13.4. The van der Waals surface area contributed by atoms with E-state index >= 15 is 0 Å². The Morgan fingerprint density at radius 3 is 2.35 bits per heavy atom. The van der Waals surface area contributed by atoms with E-state index in [1.165, 1.54) is 36.3 Å². The fourth-order valence-corrected chi connectivity index (χ4v) is 1.12. The Bertz CT molecular complexity index is 424. The molecule has 1 rings (SSSR count). The predicted octanol–water partition coefficient (Wildman–Crippen LogP) is -1.81. The normalized spacial score (nSPS) is 9.59. The van der Waals surface area contributed by atoms with Gasteiger partial charge in [0.25, 0.3) is 5.91 Å². The van der Waals surface area contributed by atoms with Crippen molar-refractivity contribution < 1.29 is 14.8 Å². The lowest BCUT2D eigenvalue weighted by molar-refractivity contribution is 0.0888. The van der Waals surface area contributed by atoms with Gasteiger partial charge in [0.05, 0.1) is 0 Å². The molecule has 0 heterocycles. The van der Waals surface area contributed by atoms with Gasteiger partial charge in [0.15, 0.2) is 5.11 Å². The van der Waals surface area contributed by atoms with E-state index in [-0.39, 0.29) is 11.0 Å². The molecule has 1 amide bonds. The number of hydrazine groups is 1. The standard InChI is InChI=1S/C9H12BN3O3S/c1-13(9(11)17)12-8(14)6-2-4-7(5-3-6)10(15)16/h2-5,15-16H,1H3,(H2,11,17)(H,12,14). The summed E-state index contributed by atoms with van der Waals surface area (Å²) in [5.74, 6) is -0.390. The van der Waals surface area contributed by atoms with Gasteiger partial charge in [0.2, 0.25) is 0 Å². The molecule has 90 valence electrons. The molecule has 0 aliphatic carbocycles. The highest BCUT2D eigenvalue weighted by atomic mass is 32.1. The molecule has 0 aromatic heterocycles. The van der Waals surface area contributed by atoms with Crippen molar-refractivity contribution in [1.82, 2.24) is 10.4 Å². The van der Waals surface area contributed by atoms with Crippen molar-refractivity contribution in [3.05, 3.63) is 29.8 Å². The number of carbonyl (C=O) groups is 1. The molecule has 0 unspecified atom stereocenters. The van der Waals surface area contributed by atoms with Gasteiger partial charge in [0.1, 0.15) is 0 Å². The zero-order chi connectivity index (χ0) is 13.0. The fourth-order valence-electron chi connectivity index (χ4n) is 1.08. The van der Waals surface area contributed by atoms with Crippen molar-refractivity contribution in [3.8, 4) is 0 Å². The van der Waals surface area contributed by atoms with Gasteiger partial charge in [-0.25, -0.2) is 0 Å². The third-order valence-corrected chi connectivity index (χ3v) is 2.34. The maximum absolute atomic E-state index is 11.6. The van der Waals surface area contributed by atoms with Crippen LogP contribution in [0.1, 0.15) is 10.4 Å². The highest BCUT2D eigenvalue weighted by Gasteiger charge is 2.13. The van der Waals surface area contributed by atoms with E-state index < -0.39 is 7.12 Å². The quantitative estimate of drug-likeness (QED) is 0.281. The van der Waals surface area contributed by atoms with Crippen LogP contribution in [0, 0.1) is 0 Å². The smallest absolute Gasteiger partial charge is 0.423 e. The molecular formula is C9H12BN3O3S. The van der Waals surface area contributed by atoms with Crippen LogP contribution in [-0.4, -0.2) is 40.2 Å². The van der Waals surface area contributed by atoms with Crippen molar-refractivity contribution in [3.63, 3.8) is 0 Å². The number of amides is 1. The molecule has 1 aromatic rings. The molecule has 0 saturated carbocycles. The van der Waals surface area contributed by atoms with Gasteiger partial charge in [-0.3, -0.25) is 15.2 Å². The molecule has 0 bridgehead atoms. The van der Waals surface area contributed by atoms with Crippen LogP contribution in [0.5, 0.6) is 0 Å². The average Bonchev–Trinajstić information content (AvgIpc) is 2.28. The Morgan fingerprint density at radius 1 is 1.41 bits per heavy atom. The van der Waals surface area contributed by atoms with E-state index in [4.69, 9.17) is 15.8 Å². The van der Waals surface area contributed by atoms with Gasteiger partial charge in [-0.05, 0) is 29.8 Å².